The summed E-state index contributed by atoms with van der Waals surface area (Å²) < 4.78 is 28.4. The fourth-order valence-corrected chi connectivity index (χ4v) is 3.60. The number of hydrogen-bond donors (Lipinski definition) is 2. The molecular weight excluding hydrogens is 294 g/mol. The summed E-state index contributed by atoms with van der Waals surface area (Å²) >= 11 is 1.57. The molecule has 0 saturated heterocycles. The highest BCUT2D eigenvalue weighted by Crippen LogP contribution is 2.17. The molecule has 1 atom stereocenters. The molecule has 20 heavy (non-hydrogen) atoms. The van der Waals surface area contributed by atoms with E-state index in [4.69, 9.17) is 0 Å². The van der Waals surface area contributed by atoms with Gasteiger partial charge in [-0.1, -0.05) is 13.8 Å². The third-order valence-corrected chi connectivity index (χ3v) is 5.34. The first-order valence-electron chi connectivity index (χ1n) is 6.82. The van der Waals surface area contributed by atoms with E-state index in [0.717, 1.165) is 18.5 Å². The standard InChI is InChI=1S/C13H25N3O2S2/c1-11(2)14-7-5-8-16(4)20(17,18)15-12(3)13-6-9-19-10-13/h6,9-12,14-15H,5,7-8H2,1-4H3. The van der Waals surface area contributed by atoms with Crippen molar-refractivity contribution in [2.24, 2.45) is 0 Å². The van der Waals surface area contributed by atoms with E-state index in [1.807, 2.05) is 23.8 Å². The van der Waals surface area contributed by atoms with E-state index in [9.17, 15) is 8.42 Å². The van der Waals surface area contributed by atoms with Crippen LogP contribution in [-0.2, 0) is 10.2 Å². The Morgan fingerprint density at radius 1 is 1.35 bits per heavy atom. The molecule has 1 rings (SSSR count). The van der Waals surface area contributed by atoms with Crippen molar-refractivity contribution in [1.82, 2.24) is 14.3 Å². The molecule has 116 valence electrons. The summed E-state index contributed by atoms with van der Waals surface area (Å²) in [4.78, 5) is 0. The van der Waals surface area contributed by atoms with Gasteiger partial charge >= 0.3 is 0 Å². The summed E-state index contributed by atoms with van der Waals surface area (Å²) in [7, 11) is -1.82. The summed E-state index contributed by atoms with van der Waals surface area (Å²) in [6.45, 7) is 7.33. The molecule has 0 spiro atoms. The van der Waals surface area contributed by atoms with E-state index in [0.29, 0.717) is 12.6 Å². The van der Waals surface area contributed by atoms with Gasteiger partial charge < -0.3 is 5.32 Å². The van der Waals surface area contributed by atoms with Gasteiger partial charge in [0, 0.05) is 25.7 Å². The van der Waals surface area contributed by atoms with Crippen LogP contribution in [0.4, 0.5) is 0 Å². The van der Waals surface area contributed by atoms with Crippen LogP contribution in [0.2, 0.25) is 0 Å². The van der Waals surface area contributed by atoms with Crippen molar-refractivity contribution >= 4 is 21.5 Å². The zero-order valence-electron chi connectivity index (χ0n) is 12.6. The molecule has 1 unspecified atom stereocenters. The Kier molecular flexibility index (Phi) is 7.11. The Morgan fingerprint density at radius 2 is 2.05 bits per heavy atom. The van der Waals surface area contributed by atoms with Gasteiger partial charge in [0.2, 0.25) is 0 Å². The zero-order valence-corrected chi connectivity index (χ0v) is 14.2. The molecule has 1 aromatic rings. The number of hydrogen-bond acceptors (Lipinski definition) is 4. The highest BCUT2D eigenvalue weighted by atomic mass is 32.2. The summed E-state index contributed by atoms with van der Waals surface area (Å²) in [6.07, 6.45) is 0.794. The molecular formula is C13H25N3O2S2. The summed E-state index contributed by atoms with van der Waals surface area (Å²) in [5.74, 6) is 0. The van der Waals surface area contributed by atoms with Gasteiger partial charge in [0.15, 0.2) is 0 Å². The third-order valence-electron chi connectivity index (χ3n) is 2.98. The molecule has 1 heterocycles. The SMILES string of the molecule is CC(C)NCCCN(C)S(=O)(=O)NC(C)c1ccsc1. The molecule has 0 fully saturated rings. The van der Waals surface area contributed by atoms with Crippen molar-refractivity contribution in [3.63, 3.8) is 0 Å². The number of rotatable bonds is 9. The quantitative estimate of drug-likeness (QED) is 0.684. The number of thiophene rings is 1. The predicted octanol–water partition coefficient (Wildman–Crippen LogP) is 1.96. The Balaban J connectivity index is 2.43. The monoisotopic (exact) mass is 319 g/mol. The molecule has 0 aromatic carbocycles. The van der Waals surface area contributed by atoms with Crippen LogP contribution in [0.1, 0.15) is 38.8 Å². The molecule has 7 heteroatoms. The molecule has 1 aromatic heterocycles. The normalized spacial score (nSPS) is 14.1. The van der Waals surface area contributed by atoms with Gasteiger partial charge in [0.1, 0.15) is 0 Å². The zero-order chi connectivity index (χ0) is 15.2. The van der Waals surface area contributed by atoms with Gasteiger partial charge in [-0.2, -0.15) is 28.8 Å². The van der Waals surface area contributed by atoms with Crippen LogP contribution in [0.5, 0.6) is 0 Å². The molecule has 0 aliphatic carbocycles. The van der Waals surface area contributed by atoms with E-state index < -0.39 is 10.2 Å². The highest BCUT2D eigenvalue weighted by molar-refractivity contribution is 7.87. The second kappa shape index (κ2) is 8.09. The van der Waals surface area contributed by atoms with E-state index in [2.05, 4.69) is 23.9 Å². The molecule has 0 radical (unpaired) electrons. The first-order valence-corrected chi connectivity index (χ1v) is 9.20. The minimum absolute atomic E-state index is 0.206. The van der Waals surface area contributed by atoms with Crippen molar-refractivity contribution in [3.05, 3.63) is 22.4 Å². The fourth-order valence-electron chi connectivity index (χ4n) is 1.72. The van der Waals surface area contributed by atoms with Crippen LogP contribution in [0.15, 0.2) is 16.8 Å². The lowest BCUT2D eigenvalue weighted by Gasteiger charge is -2.21. The molecule has 0 saturated carbocycles. The molecule has 5 nitrogen and oxygen atoms in total. The van der Waals surface area contributed by atoms with Crippen LogP contribution in [0.3, 0.4) is 0 Å². The predicted molar refractivity (Wildman–Crippen MR) is 85.2 cm³/mol. The molecule has 0 amide bonds. The van der Waals surface area contributed by atoms with Crippen LogP contribution < -0.4 is 10.0 Å². The van der Waals surface area contributed by atoms with Crippen molar-refractivity contribution in [3.8, 4) is 0 Å². The summed E-state index contributed by atoms with van der Waals surface area (Å²) in [6, 6.07) is 2.15. The summed E-state index contributed by atoms with van der Waals surface area (Å²) in [5.41, 5.74) is 0.994. The largest absolute Gasteiger partial charge is 0.314 e. The maximum atomic E-state index is 12.2. The Morgan fingerprint density at radius 3 is 2.60 bits per heavy atom. The van der Waals surface area contributed by atoms with Gasteiger partial charge in [-0.05, 0) is 42.3 Å². The van der Waals surface area contributed by atoms with Crippen LogP contribution >= 0.6 is 11.3 Å². The second-order valence-corrected chi connectivity index (χ2v) is 7.77. The lowest BCUT2D eigenvalue weighted by molar-refractivity contribution is 0.434. The van der Waals surface area contributed by atoms with Crippen molar-refractivity contribution in [2.75, 3.05) is 20.1 Å². The van der Waals surface area contributed by atoms with Crippen LogP contribution in [-0.4, -0.2) is 38.9 Å². The van der Waals surface area contributed by atoms with E-state index in [1.165, 1.54) is 4.31 Å². The van der Waals surface area contributed by atoms with E-state index in [1.54, 1.807) is 18.4 Å². The number of nitrogens with zero attached hydrogens (tertiary/aromatic N) is 1. The lowest BCUT2D eigenvalue weighted by Crippen LogP contribution is -2.40. The maximum Gasteiger partial charge on any atom is 0.279 e. The van der Waals surface area contributed by atoms with Gasteiger partial charge in [-0.15, -0.1) is 0 Å². The molecule has 2 N–H and O–H groups in total. The summed E-state index contributed by atoms with van der Waals surface area (Å²) in [5, 5.41) is 7.18. The Bertz CT molecular complexity index is 472. The van der Waals surface area contributed by atoms with Crippen molar-refractivity contribution in [1.29, 1.82) is 0 Å². The minimum atomic E-state index is -3.43. The minimum Gasteiger partial charge on any atom is -0.314 e. The first-order chi connectivity index (χ1) is 9.33. The maximum absolute atomic E-state index is 12.2. The van der Waals surface area contributed by atoms with Gasteiger partial charge in [0.25, 0.3) is 10.2 Å². The fraction of sp³-hybridized carbons (Fsp3) is 0.692. The van der Waals surface area contributed by atoms with Gasteiger partial charge in [-0.25, -0.2) is 0 Å². The first kappa shape index (κ1) is 17.6. The van der Waals surface area contributed by atoms with Crippen molar-refractivity contribution < 1.29 is 8.42 Å². The Hall–Kier alpha value is -0.470. The third kappa shape index (κ3) is 5.88. The topological polar surface area (TPSA) is 61.4 Å². The van der Waals surface area contributed by atoms with Gasteiger partial charge in [-0.3, -0.25) is 0 Å². The lowest BCUT2D eigenvalue weighted by atomic mass is 10.2. The average molecular weight is 319 g/mol. The van der Waals surface area contributed by atoms with Crippen molar-refractivity contribution in [2.45, 2.75) is 39.3 Å². The van der Waals surface area contributed by atoms with Crippen LogP contribution in [0.25, 0.3) is 0 Å². The second-order valence-electron chi connectivity index (χ2n) is 5.19. The number of nitrogens with one attached hydrogen (secondary N) is 2. The molecule has 0 aliphatic heterocycles. The highest BCUT2D eigenvalue weighted by Gasteiger charge is 2.20. The van der Waals surface area contributed by atoms with Gasteiger partial charge in [0.05, 0.1) is 0 Å². The smallest absolute Gasteiger partial charge is 0.279 e. The Labute approximate surface area is 126 Å². The van der Waals surface area contributed by atoms with E-state index >= 15 is 0 Å². The molecule has 0 aliphatic rings. The van der Waals surface area contributed by atoms with Crippen LogP contribution in [0, 0.1) is 0 Å². The van der Waals surface area contributed by atoms with E-state index in [-0.39, 0.29) is 6.04 Å². The molecule has 0 bridgehead atoms. The average Bonchev–Trinajstić information content (AvgIpc) is 2.87.